The van der Waals surface area contributed by atoms with Gasteiger partial charge in [0.25, 0.3) is 5.91 Å². The van der Waals surface area contributed by atoms with Gasteiger partial charge in [-0.3, -0.25) is 4.79 Å². The van der Waals surface area contributed by atoms with Crippen LogP contribution >= 0.6 is 11.6 Å². The molecule has 2 aromatic heterocycles. The fourth-order valence-corrected chi connectivity index (χ4v) is 3.13. The highest BCUT2D eigenvalue weighted by atomic mass is 35.5. The monoisotopic (exact) mass is 354 g/mol. The number of pyridine rings is 1. The third-order valence-corrected chi connectivity index (χ3v) is 4.72. The van der Waals surface area contributed by atoms with Gasteiger partial charge in [-0.2, -0.15) is 0 Å². The minimum Gasteiger partial charge on any atom is -0.352 e. The lowest BCUT2D eigenvalue weighted by Crippen LogP contribution is -2.26. The van der Waals surface area contributed by atoms with Crippen molar-refractivity contribution in [1.29, 1.82) is 0 Å². The number of anilines is 2. The van der Waals surface area contributed by atoms with E-state index in [0.29, 0.717) is 22.3 Å². The van der Waals surface area contributed by atoms with Crippen molar-refractivity contribution in [2.45, 2.75) is 12.8 Å². The van der Waals surface area contributed by atoms with E-state index in [1.54, 1.807) is 6.20 Å². The summed E-state index contributed by atoms with van der Waals surface area (Å²) in [7, 11) is 1.93. The first-order valence-corrected chi connectivity index (χ1v) is 8.74. The Morgan fingerprint density at radius 1 is 1.36 bits per heavy atom. The van der Waals surface area contributed by atoms with Crippen molar-refractivity contribution >= 4 is 39.9 Å². The quantitative estimate of drug-likeness (QED) is 0.725. The first kappa shape index (κ1) is 16.0. The zero-order valence-corrected chi connectivity index (χ0v) is 14.7. The van der Waals surface area contributed by atoms with E-state index in [1.807, 2.05) is 48.1 Å². The summed E-state index contributed by atoms with van der Waals surface area (Å²) in [6.45, 7) is 0.743. The van der Waals surface area contributed by atoms with Gasteiger partial charge < -0.3 is 15.2 Å². The number of halogens is 1. The van der Waals surface area contributed by atoms with E-state index in [2.05, 4.69) is 15.6 Å². The van der Waals surface area contributed by atoms with Gasteiger partial charge in [-0.25, -0.2) is 4.98 Å². The van der Waals surface area contributed by atoms with Crippen molar-refractivity contribution in [3.8, 4) is 0 Å². The van der Waals surface area contributed by atoms with Crippen LogP contribution in [0.5, 0.6) is 0 Å². The summed E-state index contributed by atoms with van der Waals surface area (Å²) in [5.41, 5.74) is 2.32. The maximum Gasteiger partial charge on any atom is 0.255 e. The third kappa shape index (κ3) is 3.33. The van der Waals surface area contributed by atoms with Gasteiger partial charge in [0.05, 0.1) is 11.1 Å². The lowest BCUT2D eigenvalue weighted by atomic mass is 10.2. The van der Waals surface area contributed by atoms with Gasteiger partial charge in [0.1, 0.15) is 5.82 Å². The van der Waals surface area contributed by atoms with Crippen molar-refractivity contribution < 1.29 is 4.79 Å². The molecular formula is C19H19ClN4O. The molecule has 1 fully saturated rings. The topological polar surface area (TPSA) is 59.0 Å². The van der Waals surface area contributed by atoms with Crippen LogP contribution in [0.4, 0.5) is 11.5 Å². The minimum absolute atomic E-state index is 0.0690. The SMILES string of the molecule is Cn1ccc2c(Nc3cccc(Cl)c3)ncc(C(=O)NCC3CC3)c21. The highest BCUT2D eigenvalue weighted by molar-refractivity contribution is 6.30. The van der Waals surface area contributed by atoms with Crippen LogP contribution in [0.1, 0.15) is 23.2 Å². The second kappa shape index (κ2) is 6.41. The number of aromatic nitrogens is 2. The standard InChI is InChI=1S/C19H19ClN4O/c1-24-8-7-15-17(24)16(19(25)22-10-12-5-6-12)11-21-18(15)23-14-4-2-3-13(20)9-14/h2-4,7-9,11-12H,5-6,10H2,1H3,(H,21,23)(H,22,25). The second-order valence-corrected chi connectivity index (χ2v) is 6.93. The minimum atomic E-state index is -0.0690. The van der Waals surface area contributed by atoms with E-state index in [1.165, 1.54) is 12.8 Å². The molecule has 25 heavy (non-hydrogen) atoms. The Bertz CT molecular complexity index is 946. The van der Waals surface area contributed by atoms with Gasteiger partial charge in [-0.15, -0.1) is 0 Å². The van der Waals surface area contributed by atoms with E-state index in [-0.39, 0.29) is 5.91 Å². The molecule has 3 aromatic rings. The molecule has 6 heteroatoms. The van der Waals surface area contributed by atoms with E-state index in [9.17, 15) is 4.79 Å². The molecule has 0 radical (unpaired) electrons. The Balaban J connectivity index is 1.68. The molecule has 1 aliphatic rings. The molecule has 1 saturated carbocycles. The van der Waals surface area contributed by atoms with Crippen LogP contribution < -0.4 is 10.6 Å². The Morgan fingerprint density at radius 3 is 2.96 bits per heavy atom. The number of nitrogens with one attached hydrogen (secondary N) is 2. The van der Waals surface area contributed by atoms with Crippen molar-refractivity contribution in [1.82, 2.24) is 14.9 Å². The second-order valence-electron chi connectivity index (χ2n) is 6.50. The maximum atomic E-state index is 12.6. The summed E-state index contributed by atoms with van der Waals surface area (Å²) >= 11 is 6.05. The highest BCUT2D eigenvalue weighted by Gasteiger charge is 2.23. The number of hydrogen-bond donors (Lipinski definition) is 2. The lowest BCUT2D eigenvalue weighted by molar-refractivity contribution is 0.0953. The van der Waals surface area contributed by atoms with Gasteiger partial charge in [0, 0.05) is 42.1 Å². The molecule has 0 atom stereocenters. The highest BCUT2D eigenvalue weighted by Crippen LogP contribution is 2.30. The number of nitrogens with zero attached hydrogens (tertiary/aromatic N) is 2. The Hall–Kier alpha value is -2.53. The molecule has 1 amide bonds. The number of carbonyl (C=O) groups is 1. The molecule has 5 nitrogen and oxygen atoms in total. The molecule has 0 saturated heterocycles. The zero-order chi connectivity index (χ0) is 17.4. The number of amides is 1. The molecule has 1 aliphatic carbocycles. The van der Waals surface area contributed by atoms with Crippen LogP contribution in [0, 0.1) is 5.92 Å². The predicted octanol–water partition coefficient (Wildman–Crippen LogP) is 4.11. The zero-order valence-electron chi connectivity index (χ0n) is 13.9. The first-order valence-electron chi connectivity index (χ1n) is 8.36. The number of rotatable bonds is 5. The van der Waals surface area contributed by atoms with Crippen LogP contribution in [-0.4, -0.2) is 22.0 Å². The largest absolute Gasteiger partial charge is 0.352 e. The molecule has 4 rings (SSSR count). The van der Waals surface area contributed by atoms with Crippen LogP contribution in [0.2, 0.25) is 5.02 Å². The molecule has 2 heterocycles. The summed E-state index contributed by atoms with van der Waals surface area (Å²) in [6, 6.07) is 9.44. The molecule has 0 bridgehead atoms. The van der Waals surface area contributed by atoms with Crippen molar-refractivity contribution in [3.63, 3.8) is 0 Å². The van der Waals surface area contributed by atoms with Crippen LogP contribution in [0.25, 0.3) is 10.9 Å². The van der Waals surface area contributed by atoms with Gasteiger partial charge in [-0.05, 0) is 43.0 Å². The summed E-state index contributed by atoms with van der Waals surface area (Å²) in [5.74, 6) is 1.28. The number of benzene rings is 1. The number of fused-ring (bicyclic) bond motifs is 1. The normalized spacial score (nSPS) is 13.8. The van der Waals surface area contributed by atoms with E-state index in [4.69, 9.17) is 11.6 Å². The Morgan fingerprint density at radius 2 is 2.20 bits per heavy atom. The Kier molecular flexibility index (Phi) is 4.09. The first-order chi connectivity index (χ1) is 12.1. The Labute approximate surface area is 151 Å². The molecule has 0 unspecified atom stereocenters. The fourth-order valence-electron chi connectivity index (χ4n) is 2.94. The number of hydrogen-bond acceptors (Lipinski definition) is 3. The van der Waals surface area contributed by atoms with Gasteiger partial charge in [-0.1, -0.05) is 17.7 Å². The average Bonchev–Trinajstić information content (AvgIpc) is 3.35. The van der Waals surface area contributed by atoms with E-state index >= 15 is 0 Å². The smallest absolute Gasteiger partial charge is 0.255 e. The summed E-state index contributed by atoms with van der Waals surface area (Å²) < 4.78 is 1.95. The van der Waals surface area contributed by atoms with Gasteiger partial charge >= 0.3 is 0 Å². The van der Waals surface area contributed by atoms with E-state index < -0.39 is 0 Å². The summed E-state index contributed by atoms with van der Waals surface area (Å²) in [6.07, 6.45) is 5.99. The molecule has 128 valence electrons. The number of aryl methyl sites for hydroxylation is 1. The van der Waals surface area contributed by atoms with Crippen LogP contribution in [-0.2, 0) is 7.05 Å². The molecule has 1 aromatic carbocycles. The van der Waals surface area contributed by atoms with Gasteiger partial charge in [0.2, 0.25) is 0 Å². The van der Waals surface area contributed by atoms with Gasteiger partial charge in [0.15, 0.2) is 0 Å². The molecule has 0 spiro atoms. The van der Waals surface area contributed by atoms with E-state index in [0.717, 1.165) is 23.1 Å². The number of carbonyl (C=O) groups excluding carboxylic acids is 1. The van der Waals surface area contributed by atoms with Crippen molar-refractivity contribution in [2.24, 2.45) is 13.0 Å². The summed E-state index contributed by atoms with van der Waals surface area (Å²) in [5, 5.41) is 7.87. The average molecular weight is 355 g/mol. The molecular weight excluding hydrogens is 336 g/mol. The maximum absolute atomic E-state index is 12.6. The summed E-state index contributed by atoms with van der Waals surface area (Å²) in [4.78, 5) is 17.0. The lowest BCUT2D eigenvalue weighted by Gasteiger charge is -2.11. The van der Waals surface area contributed by atoms with Crippen molar-refractivity contribution in [2.75, 3.05) is 11.9 Å². The van der Waals surface area contributed by atoms with Crippen LogP contribution in [0.15, 0.2) is 42.7 Å². The van der Waals surface area contributed by atoms with Crippen LogP contribution in [0.3, 0.4) is 0 Å². The molecule has 0 aliphatic heterocycles. The third-order valence-electron chi connectivity index (χ3n) is 4.49. The molecule has 2 N–H and O–H groups in total. The fraction of sp³-hybridized carbons (Fsp3) is 0.263. The van der Waals surface area contributed by atoms with Crippen molar-refractivity contribution in [3.05, 3.63) is 53.3 Å². The predicted molar refractivity (Wildman–Crippen MR) is 101 cm³/mol.